The number of rotatable bonds is 20. The van der Waals surface area contributed by atoms with Gasteiger partial charge in [0.1, 0.15) is 42.3 Å². The second kappa shape index (κ2) is 34.7. The minimum Gasteiger partial charge on any atom is -0.391 e. The summed E-state index contributed by atoms with van der Waals surface area (Å²) < 4.78 is 18.2. The van der Waals surface area contributed by atoms with Crippen LogP contribution in [-0.4, -0.2) is 220 Å². The fourth-order valence-electron chi connectivity index (χ4n) is 11.3. The summed E-state index contributed by atoms with van der Waals surface area (Å²) in [6.45, 7) is 29.4. The van der Waals surface area contributed by atoms with Crippen molar-refractivity contribution in [3.8, 4) is 0 Å². The van der Waals surface area contributed by atoms with Crippen molar-refractivity contribution in [2.24, 2.45) is 47.2 Å². The maximum Gasteiger partial charge on any atom is 0.257 e. The molecule has 1 aliphatic heterocycles. The van der Waals surface area contributed by atoms with Crippen LogP contribution < -0.4 is 27.0 Å². The molecule has 7 N–H and O–H groups in total. The van der Waals surface area contributed by atoms with Crippen LogP contribution in [-0.2, 0) is 52.7 Å². The summed E-state index contributed by atoms with van der Waals surface area (Å²) in [4.78, 5) is 174. The predicted molar refractivity (Wildman–Crippen MR) is 333 cm³/mol. The highest BCUT2D eigenvalue weighted by molar-refractivity contribution is 6.18. The molecule has 23 nitrogen and oxygen atoms in total. The number of Topliss-reactive ketones (excluding diaryl/α,β-unsaturated/α-hetero) is 2. The molecular formula is C63H113N11O12. The molecule has 1 unspecified atom stereocenters. The number of nitrogens with two attached hydrogens (primary N) is 1. The quantitative estimate of drug-likeness (QED) is 0.0755. The molecule has 0 spiro atoms. The maximum absolute atomic E-state index is 16.7. The van der Waals surface area contributed by atoms with Crippen molar-refractivity contribution in [2.75, 3.05) is 48.8 Å². The van der Waals surface area contributed by atoms with Gasteiger partial charge in [-0.2, -0.15) is 0 Å². The number of nitrogens with one attached hydrogen (secondary N) is 4. The number of hydrogen-bond acceptors (Lipinski definition) is 14. The number of allylic oxidation sites excluding steroid dienone is 2. The number of aliphatic hydroxyl groups is 1. The first-order valence-electron chi connectivity index (χ1n) is 32.0. The van der Waals surface area contributed by atoms with Gasteiger partial charge in [-0.1, -0.05) is 109 Å². The number of amides is 9. The van der Waals surface area contributed by atoms with Gasteiger partial charge in [0.15, 0.2) is 18.5 Å². The van der Waals surface area contributed by atoms with Crippen LogP contribution in [0.4, 0.5) is 0 Å². The van der Waals surface area contributed by atoms with Crippen LogP contribution in [0.2, 0.25) is 1.41 Å². The molecule has 9 amide bonds. The van der Waals surface area contributed by atoms with E-state index >= 15 is 33.6 Å². The zero-order chi connectivity index (χ0) is 68.5. The highest BCUT2D eigenvalue weighted by Gasteiger charge is 2.60. The number of likely N-dealkylation sites (N-methyl/N-ethyl adjacent to an activating group) is 7. The Bertz CT molecular complexity index is 2440. The first-order chi connectivity index (χ1) is 40.7. The topological polar surface area (TPSA) is 302 Å². The van der Waals surface area contributed by atoms with Crippen molar-refractivity contribution in [1.82, 2.24) is 50.7 Å². The van der Waals surface area contributed by atoms with Crippen LogP contribution in [0.1, 0.15) is 165 Å². The molecule has 1 heterocycles. The van der Waals surface area contributed by atoms with E-state index in [0.717, 1.165) is 14.7 Å². The number of aliphatic hydroxyl groups excluding tert-OH is 1. The van der Waals surface area contributed by atoms with Crippen molar-refractivity contribution in [3.05, 3.63) is 12.2 Å². The average Bonchev–Trinajstić information content (AvgIpc) is 3.61. The number of ketones is 2. The number of carbonyl (C=O) groups excluding carboxylic acids is 11. The lowest BCUT2D eigenvalue weighted by atomic mass is 9.75. The summed E-state index contributed by atoms with van der Waals surface area (Å²) >= 11 is 0. The number of hydrogen-bond donors (Lipinski definition) is 6. The Hall–Kier alpha value is -5.81. The molecule has 13 atom stereocenters. The largest absolute Gasteiger partial charge is 0.391 e. The molecule has 1 rings (SSSR count). The Kier molecular flexibility index (Phi) is 30.0. The summed E-state index contributed by atoms with van der Waals surface area (Å²) in [6.07, 6.45) is 0.944. The van der Waals surface area contributed by atoms with E-state index in [9.17, 15) is 24.3 Å². The van der Waals surface area contributed by atoms with Crippen LogP contribution in [0, 0.1) is 41.4 Å². The molecule has 1 fully saturated rings. The van der Waals surface area contributed by atoms with E-state index in [2.05, 4.69) is 16.0 Å². The van der Waals surface area contributed by atoms with Gasteiger partial charge in [-0.3, -0.25) is 52.7 Å². The Morgan fingerprint density at radius 2 is 1.17 bits per heavy atom. The van der Waals surface area contributed by atoms with E-state index < -0.39 is 174 Å². The van der Waals surface area contributed by atoms with Crippen LogP contribution in [0.5, 0.6) is 0 Å². The highest BCUT2D eigenvalue weighted by atomic mass is 16.3. The van der Waals surface area contributed by atoms with E-state index in [4.69, 9.17) is 8.52 Å². The van der Waals surface area contributed by atoms with Crippen LogP contribution in [0.15, 0.2) is 12.2 Å². The molecule has 0 aliphatic carbocycles. The minimum absolute atomic E-state index is 0.00903. The third-order valence-corrected chi connectivity index (χ3v) is 16.5. The molecule has 0 bridgehead atoms. The maximum atomic E-state index is 16.7. The zero-order valence-corrected chi connectivity index (χ0v) is 56.3. The summed E-state index contributed by atoms with van der Waals surface area (Å²) in [5.74, 6) is -14.1. The van der Waals surface area contributed by atoms with Crippen LogP contribution >= 0.6 is 0 Å². The molecule has 1 saturated heterocycles. The third kappa shape index (κ3) is 19.3. The summed E-state index contributed by atoms with van der Waals surface area (Å²) in [5, 5.41) is 20.9. The second-order valence-corrected chi connectivity index (χ2v) is 26.0. The first kappa shape index (κ1) is 74.4. The molecule has 0 radical (unpaired) electrons. The summed E-state index contributed by atoms with van der Waals surface area (Å²) in [7, 11) is 5.65. The molecule has 86 heavy (non-hydrogen) atoms. The van der Waals surface area contributed by atoms with Gasteiger partial charge in [-0.05, 0) is 108 Å². The molecule has 0 aromatic rings. The van der Waals surface area contributed by atoms with Crippen molar-refractivity contribution >= 4 is 64.7 Å². The Labute approximate surface area is 517 Å². The van der Waals surface area contributed by atoms with Gasteiger partial charge in [0.05, 0.1) is 24.2 Å². The standard InChI is InChI=1S/C63H113N11O12/c1-25-28-29-40(16)52(76)49(65-19)53(77)63(73(24)58(82)43(64)26-2)33-47(75)50(38(12)13)72(23)60(84)46(32-36(8)9)71(22)59(83)45(31-35(6)7)70(21)57(81)42(18)67-54(78)41(17)66-55(79)44(30-34(4)5)69(20)61(85)48(37(10)11)68-56(80)51(39(14)15)74(27-3)62(63)86/h25,28,34-46,48-52,65,76H,26-27,29-33,64H2,1-24H3,(H,66,79)(H,67,78)(H,68,80)/b28-25+/t40-,41+,42+,43+,44+,45+,46+,48+,49?,50+,51+,52-,63+/m1/s1/i24D/hD. The van der Waals surface area contributed by atoms with Crippen molar-refractivity contribution in [3.63, 3.8) is 0 Å². The lowest BCUT2D eigenvalue weighted by molar-refractivity contribution is -0.167. The third-order valence-electron chi connectivity index (χ3n) is 16.5. The molecular weight excluding hydrogens is 1100 g/mol. The zero-order valence-electron chi connectivity index (χ0n) is 58.3. The normalized spacial score (nSPS) is 26.9. The molecule has 23 heteroatoms. The fraction of sp³-hybridized carbons (Fsp3) is 0.794. The fourth-order valence-corrected chi connectivity index (χ4v) is 11.3. The van der Waals surface area contributed by atoms with Gasteiger partial charge >= 0.3 is 0 Å². The highest BCUT2D eigenvalue weighted by Crippen LogP contribution is 2.34. The lowest BCUT2D eigenvalue weighted by Crippen LogP contribution is -2.73. The van der Waals surface area contributed by atoms with Gasteiger partial charge in [0.2, 0.25) is 47.3 Å². The smallest absolute Gasteiger partial charge is 0.257 e. The van der Waals surface area contributed by atoms with Gasteiger partial charge in [-0.15, -0.1) is 0 Å². The molecule has 0 aromatic carbocycles. The molecule has 0 saturated carbocycles. The lowest BCUT2D eigenvalue weighted by Gasteiger charge is -2.47. The number of nitrogens with zero attached hydrogens (tertiary/aromatic N) is 6. The first-order valence-corrected chi connectivity index (χ1v) is 30.9. The predicted octanol–water partition coefficient (Wildman–Crippen LogP) is 3.14. The van der Waals surface area contributed by atoms with E-state index in [1.54, 1.807) is 88.3 Å². The Balaban J connectivity index is 5.04. The van der Waals surface area contributed by atoms with E-state index in [-0.39, 0.29) is 56.4 Å². The van der Waals surface area contributed by atoms with E-state index in [1.807, 2.05) is 27.7 Å². The van der Waals surface area contributed by atoms with Gasteiger partial charge in [0, 0.05) is 49.6 Å². The van der Waals surface area contributed by atoms with Crippen molar-refractivity contribution in [1.29, 1.82) is 0 Å². The van der Waals surface area contributed by atoms with Gasteiger partial charge < -0.3 is 61.5 Å². The molecule has 0 aromatic heterocycles. The van der Waals surface area contributed by atoms with Gasteiger partial charge in [-0.25, -0.2) is 0 Å². The van der Waals surface area contributed by atoms with E-state index in [1.165, 1.54) is 65.8 Å². The average molecular weight is 1220 g/mol. The van der Waals surface area contributed by atoms with Crippen molar-refractivity contribution in [2.45, 2.75) is 235 Å². The Morgan fingerprint density at radius 1 is 0.698 bits per heavy atom. The van der Waals surface area contributed by atoms with Crippen LogP contribution in [0.3, 0.4) is 0 Å². The monoisotopic (exact) mass is 1220 g/mol. The summed E-state index contributed by atoms with van der Waals surface area (Å²) in [5.41, 5.74) is 3.38. The van der Waals surface area contributed by atoms with Crippen LogP contribution in [0.25, 0.3) is 0 Å². The van der Waals surface area contributed by atoms with E-state index in [0.29, 0.717) is 10.2 Å². The summed E-state index contributed by atoms with van der Waals surface area (Å²) in [6, 6.07) is -14.6. The Morgan fingerprint density at radius 3 is 1.60 bits per heavy atom. The second-order valence-electron chi connectivity index (χ2n) is 26.0. The van der Waals surface area contributed by atoms with Gasteiger partial charge in [0.25, 0.3) is 5.91 Å². The SMILES string of the molecule is [2H]CN(C(=O)[C@@H](N)CC)[C@]1(C(=O)C(NC)[C@H](O)[C@H](C)C/C=C/C)CC(=O)[C@H](C(C)C)N(C)C(=O)[C@H](CC(C)C)N(C)C(=O)[C@H](CC(C)C)N(C)C(=O)[C@H](C)NC(=O)[C@H](C)N([2H])C(=O)[C@H](CC(C)C)N(C)C(=O)[C@H](C(C)C)NC(=O)[C@H](C(C)C)N(CC)C1=O. The minimum atomic E-state index is -3.11. The number of carbonyl (C=O) groups is 11. The van der Waals surface area contributed by atoms with Crippen molar-refractivity contribution < 1.29 is 60.6 Å². The molecule has 1 aliphatic rings. The molecule has 492 valence electrons.